The topological polar surface area (TPSA) is 86.4 Å². The van der Waals surface area contributed by atoms with Crippen molar-refractivity contribution in [3.05, 3.63) is 71.9 Å². The van der Waals surface area contributed by atoms with E-state index >= 15 is 0 Å². The Kier molecular flexibility index (Phi) is 8.68. The van der Waals surface area contributed by atoms with Crippen LogP contribution in [0.25, 0.3) is 10.9 Å². The third-order valence-corrected chi connectivity index (χ3v) is 6.55. The van der Waals surface area contributed by atoms with Crippen LogP contribution in [0.15, 0.2) is 60.7 Å². The highest BCUT2D eigenvalue weighted by atomic mass is 16.2. The molecule has 0 bridgehead atoms. The zero-order chi connectivity index (χ0) is 24.5. The van der Waals surface area contributed by atoms with Gasteiger partial charge in [-0.05, 0) is 63.4 Å². The summed E-state index contributed by atoms with van der Waals surface area (Å²) < 4.78 is 0. The average Bonchev–Trinajstić information content (AvgIpc) is 2.87. The van der Waals surface area contributed by atoms with Gasteiger partial charge in [0, 0.05) is 36.6 Å². The van der Waals surface area contributed by atoms with Gasteiger partial charge in [-0.1, -0.05) is 48.5 Å². The molecule has 2 aromatic carbocycles. The number of likely N-dealkylation sites (tertiary alicyclic amines) is 1. The molecule has 3 aromatic rings. The minimum Gasteiger partial charge on any atom is -0.356 e. The predicted octanol–water partition coefficient (Wildman–Crippen LogP) is 4.13. The van der Waals surface area contributed by atoms with Crippen LogP contribution in [0.2, 0.25) is 0 Å². The molecule has 0 spiro atoms. The number of piperidine rings is 1. The zero-order valence-electron chi connectivity index (χ0n) is 20.4. The number of fused-ring (bicyclic) bond motifs is 1. The number of hydrogen-bond donors (Lipinski definition) is 3. The van der Waals surface area contributed by atoms with Crippen molar-refractivity contribution < 1.29 is 9.59 Å². The number of anilines is 1. The Morgan fingerprint density at radius 2 is 1.71 bits per heavy atom. The van der Waals surface area contributed by atoms with E-state index in [2.05, 4.69) is 38.0 Å². The number of carbonyl (C=O) groups is 2. The minimum absolute atomic E-state index is 0.0856. The number of urea groups is 1. The summed E-state index contributed by atoms with van der Waals surface area (Å²) in [5, 5.41) is 9.94. The summed E-state index contributed by atoms with van der Waals surface area (Å²) in [6, 6.07) is 19.8. The first-order chi connectivity index (χ1) is 17.1. The molecule has 4 rings (SSSR count). The lowest BCUT2D eigenvalue weighted by molar-refractivity contribution is -0.126. The van der Waals surface area contributed by atoms with E-state index in [0.29, 0.717) is 6.54 Å². The Morgan fingerprint density at radius 1 is 0.971 bits per heavy atom. The second-order valence-corrected chi connectivity index (χ2v) is 9.21. The van der Waals surface area contributed by atoms with Crippen molar-refractivity contribution in [1.29, 1.82) is 0 Å². The standard InChI is InChI=1S/C28H35N5O2/c1-21-20-26(24-11-5-6-12-25(24)31-21)32-28(35)30-16-19-33-17-13-23(14-18-33)27(34)29-15-7-10-22-8-3-2-4-9-22/h2-6,8-9,11-12,20,23H,7,10,13-19H2,1H3,(H,29,34)(H2,30,31,32,35). The normalized spacial score (nSPS) is 14.5. The fourth-order valence-corrected chi connectivity index (χ4v) is 4.62. The number of para-hydroxylation sites is 1. The SMILES string of the molecule is Cc1cc(NC(=O)NCCN2CCC(C(=O)NCCCc3ccccc3)CC2)c2ccccc2n1. The van der Waals surface area contributed by atoms with Crippen LogP contribution in [0.1, 0.15) is 30.5 Å². The van der Waals surface area contributed by atoms with Gasteiger partial charge in [0.25, 0.3) is 0 Å². The quantitative estimate of drug-likeness (QED) is 0.408. The van der Waals surface area contributed by atoms with Crippen molar-refractivity contribution >= 4 is 28.5 Å². The lowest BCUT2D eigenvalue weighted by Gasteiger charge is -2.31. The second-order valence-electron chi connectivity index (χ2n) is 9.21. The summed E-state index contributed by atoms with van der Waals surface area (Å²) in [4.78, 5) is 31.8. The lowest BCUT2D eigenvalue weighted by Crippen LogP contribution is -2.43. The molecule has 1 saturated heterocycles. The van der Waals surface area contributed by atoms with Crippen LogP contribution in [-0.2, 0) is 11.2 Å². The largest absolute Gasteiger partial charge is 0.356 e. The van der Waals surface area contributed by atoms with E-state index < -0.39 is 0 Å². The number of nitrogens with one attached hydrogen (secondary N) is 3. The second kappa shape index (κ2) is 12.3. The summed E-state index contributed by atoms with van der Waals surface area (Å²) >= 11 is 0. The van der Waals surface area contributed by atoms with Gasteiger partial charge in [-0.2, -0.15) is 0 Å². The van der Waals surface area contributed by atoms with Crippen LogP contribution in [0, 0.1) is 12.8 Å². The maximum atomic E-state index is 12.5. The van der Waals surface area contributed by atoms with Gasteiger partial charge in [0.05, 0.1) is 11.2 Å². The van der Waals surface area contributed by atoms with E-state index in [4.69, 9.17) is 0 Å². The van der Waals surface area contributed by atoms with Crippen molar-refractivity contribution in [3.63, 3.8) is 0 Å². The van der Waals surface area contributed by atoms with Crippen LogP contribution in [0.5, 0.6) is 0 Å². The van der Waals surface area contributed by atoms with Gasteiger partial charge >= 0.3 is 6.03 Å². The molecule has 1 aliphatic heterocycles. The van der Waals surface area contributed by atoms with Gasteiger partial charge in [-0.3, -0.25) is 9.78 Å². The highest BCUT2D eigenvalue weighted by Crippen LogP contribution is 2.22. The highest BCUT2D eigenvalue weighted by molar-refractivity contribution is 6.00. The molecule has 3 amide bonds. The zero-order valence-corrected chi connectivity index (χ0v) is 20.4. The fourth-order valence-electron chi connectivity index (χ4n) is 4.62. The number of hydrogen-bond acceptors (Lipinski definition) is 4. The molecule has 7 heteroatoms. The molecule has 0 unspecified atom stereocenters. The van der Waals surface area contributed by atoms with E-state index in [1.807, 2.05) is 55.5 Å². The molecular formula is C28H35N5O2. The summed E-state index contributed by atoms with van der Waals surface area (Å²) in [7, 11) is 0. The molecular weight excluding hydrogens is 438 g/mol. The predicted molar refractivity (Wildman–Crippen MR) is 140 cm³/mol. The van der Waals surface area contributed by atoms with Gasteiger partial charge in [0.2, 0.25) is 5.91 Å². The minimum atomic E-state index is -0.217. The monoisotopic (exact) mass is 473 g/mol. The van der Waals surface area contributed by atoms with E-state index in [1.165, 1.54) is 5.56 Å². The molecule has 3 N–H and O–H groups in total. The number of carbonyl (C=O) groups excluding carboxylic acids is 2. The molecule has 7 nitrogen and oxygen atoms in total. The molecule has 0 radical (unpaired) electrons. The fraction of sp³-hybridized carbons (Fsp3) is 0.393. The molecule has 35 heavy (non-hydrogen) atoms. The molecule has 2 heterocycles. The van der Waals surface area contributed by atoms with E-state index in [9.17, 15) is 9.59 Å². The van der Waals surface area contributed by atoms with Crippen LogP contribution in [0.3, 0.4) is 0 Å². The van der Waals surface area contributed by atoms with Crippen molar-refractivity contribution in [1.82, 2.24) is 20.5 Å². The Bertz CT molecular complexity index is 1130. The van der Waals surface area contributed by atoms with Crippen LogP contribution in [-0.4, -0.2) is 54.5 Å². The molecule has 1 fully saturated rings. The highest BCUT2D eigenvalue weighted by Gasteiger charge is 2.24. The first kappa shape index (κ1) is 24.7. The first-order valence-electron chi connectivity index (χ1n) is 12.5. The Morgan fingerprint density at radius 3 is 2.51 bits per heavy atom. The summed E-state index contributed by atoms with van der Waals surface area (Å²) in [6.45, 7) is 5.72. The van der Waals surface area contributed by atoms with Crippen molar-refractivity contribution in [2.45, 2.75) is 32.6 Å². The molecule has 0 atom stereocenters. The summed E-state index contributed by atoms with van der Waals surface area (Å²) in [5.41, 5.74) is 3.80. The number of amides is 3. The summed E-state index contributed by atoms with van der Waals surface area (Å²) in [6.07, 6.45) is 3.66. The first-order valence-corrected chi connectivity index (χ1v) is 12.5. The molecule has 1 aliphatic rings. The van der Waals surface area contributed by atoms with E-state index in [0.717, 1.165) is 74.1 Å². The number of benzene rings is 2. The van der Waals surface area contributed by atoms with Gasteiger partial charge in [0.15, 0.2) is 0 Å². The van der Waals surface area contributed by atoms with Gasteiger partial charge < -0.3 is 20.9 Å². The molecule has 1 aromatic heterocycles. The number of rotatable bonds is 9. The Hall–Kier alpha value is -3.45. The van der Waals surface area contributed by atoms with Crippen LogP contribution >= 0.6 is 0 Å². The molecule has 184 valence electrons. The smallest absolute Gasteiger partial charge is 0.319 e. The van der Waals surface area contributed by atoms with Crippen molar-refractivity contribution in [2.24, 2.45) is 5.92 Å². The lowest BCUT2D eigenvalue weighted by atomic mass is 9.96. The van der Waals surface area contributed by atoms with Crippen LogP contribution in [0.4, 0.5) is 10.5 Å². The number of nitrogens with zero attached hydrogens (tertiary/aromatic N) is 2. The molecule has 0 saturated carbocycles. The Labute approximate surface area is 207 Å². The van der Waals surface area contributed by atoms with Gasteiger partial charge in [-0.25, -0.2) is 4.79 Å². The van der Waals surface area contributed by atoms with Crippen molar-refractivity contribution in [2.75, 3.05) is 38.0 Å². The number of aryl methyl sites for hydroxylation is 2. The average molecular weight is 474 g/mol. The summed E-state index contributed by atoms with van der Waals surface area (Å²) in [5.74, 6) is 0.262. The Balaban J connectivity index is 1.12. The number of aromatic nitrogens is 1. The molecule has 0 aliphatic carbocycles. The maximum absolute atomic E-state index is 12.5. The third-order valence-electron chi connectivity index (χ3n) is 6.55. The van der Waals surface area contributed by atoms with Crippen LogP contribution < -0.4 is 16.0 Å². The van der Waals surface area contributed by atoms with Gasteiger partial charge in [0.1, 0.15) is 0 Å². The van der Waals surface area contributed by atoms with Crippen molar-refractivity contribution in [3.8, 4) is 0 Å². The van der Waals surface area contributed by atoms with Gasteiger partial charge in [-0.15, -0.1) is 0 Å². The van der Waals surface area contributed by atoms with E-state index in [-0.39, 0.29) is 17.9 Å². The maximum Gasteiger partial charge on any atom is 0.319 e. The third kappa shape index (κ3) is 7.26. The number of pyridine rings is 1. The van der Waals surface area contributed by atoms with E-state index in [1.54, 1.807) is 0 Å².